The third kappa shape index (κ3) is 4.24. The second kappa shape index (κ2) is 8.37. The highest BCUT2D eigenvalue weighted by molar-refractivity contribution is 5.87. The Morgan fingerprint density at radius 2 is 1.88 bits per heavy atom. The molecular formula is C25H29N5O2. The van der Waals surface area contributed by atoms with Crippen LogP contribution < -0.4 is 10.2 Å². The van der Waals surface area contributed by atoms with Crippen molar-refractivity contribution in [2.24, 2.45) is 5.92 Å². The summed E-state index contributed by atoms with van der Waals surface area (Å²) in [6.45, 7) is 5.18. The van der Waals surface area contributed by atoms with Crippen molar-refractivity contribution in [1.82, 2.24) is 19.9 Å². The van der Waals surface area contributed by atoms with Crippen molar-refractivity contribution in [2.45, 2.75) is 51.5 Å². The second-order valence-corrected chi connectivity index (χ2v) is 9.13. The molecular weight excluding hydrogens is 402 g/mol. The van der Waals surface area contributed by atoms with Crippen molar-refractivity contribution in [3.8, 4) is 0 Å². The Morgan fingerprint density at radius 1 is 1.12 bits per heavy atom. The topological polar surface area (TPSA) is 79.6 Å². The first-order valence-electron chi connectivity index (χ1n) is 11.4. The minimum atomic E-state index is 0.0205. The van der Waals surface area contributed by atoms with Crippen molar-refractivity contribution in [2.75, 3.05) is 18.0 Å². The minimum Gasteiger partial charge on any atom is -0.356 e. The number of amides is 1. The zero-order chi connectivity index (χ0) is 22.2. The normalized spacial score (nSPS) is 21.0. The van der Waals surface area contributed by atoms with E-state index in [0.29, 0.717) is 12.3 Å². The molecule has 0 unspecified atom stereocenters. The van der Waals surface area contributed by atoms with E-state index in [1.165, 1.54) is 5.56 Å². The quantitative estimate of drug-likeness (QED) is 0.649. The lowest BCUT2D eigenvalue weighted by Gasteiger charge is -2.33. The number of anilines is 1. The van der Waals surface area contributed by atoms with Crippen LogP contribution in [0.5, 0.6) is 0 Å². The zero-order valence-electron chi connectivity index (χ0n) is 18.6. The molecule has 0 radical (unpaired) electrons. The van der Waals surface area contributed by atoms with Gasteiger partial charge in [-0.15, -0.1) is 0 Å². The second-order valence-electron chi connectivity index (χ2n) is 9.13. The van der Waals surface area contributed by atoms with Crippen LogP contribution in [0, 0.1) is 12.8 Å². The molecule has 2 atom stereocenters. The molecule has 3 heterocycles. The number of benzene rings is 1. The first kappa shape index (κ1) is 20.7. The molecule has 3 aromatic rings. The van der Waals surface area contributed by atoms with Gasteiger partial charge in [0.25, 0.3) is 0 Å². The van der Waals surface area contributed by atoms with E-state index >= 15 is 0 Å². The van der Waals surface area contributed by atoms with Crippen LogP contribution in [0.25, 0.3) is 5.65 Å². The largest absolute Gasteiger partial charge is 0.356 e. The first-order valence-corrected chi connectivity index (χ1v) is 11.4. The van der Waals surface area contributed by atoms with Crippen LogP contribution in [0.3, 0.4) is 0 Å². The summed E-state index contributed by atoms with van der Waals surface area (Å²) in [7, 11) is 0. The molecule has 0 bridgehead atoms. The van der Waals surface area contributed by atoms with Gasteiger partial charge in [-0.1, -0.05) is 30.3 Å². The smallest absolute Gasteiger partial charge is 0.217 e. The zero-order valence-corrected chi connectivity index (χ0v) is 18.6. The molecule has 1 aromatic carbocycles. The first-order chi connectivity index (χ1) is 15.5. The molecule has 1 aliphatic heterocycles. The Hall–Kier alpha value is -3.22. The van der Waals surface area contributed by atoms with E-state index < -0.39 is 0 Å². The molecule has 1 N–H and O–H groups in total. The van der Waals surface area contributed by atoms with Crippen LogP contribution in [0.2, 0.25) is 0 Å². The van der Waals surface area contributed by atoms with E-state index in [1.807, 2.05) is 41.8 Å². The predicted octanol–water partition coefficient (Wildman–Crippen LogP) is 3.06. The SMILES string of the molecule is CC(=O)NC1CCN(c2cc(CC(=O)[C@H]3C[C@@H]3c3ccccc3)nc3cc(C)nn23)CC1. The maximum absolute atomic E-state index is 13.0. The molecule has 7 heteroatoms. The van der Waals surface area contributed by atoms with Gasteiger partial charge in [-0.3, -0.25) is 9.59 Å². The van der Waals surface area contributed by atoms with Crippen LogP contribution in [-0.4, -0.2) is 45.4 Å². The van der Waals surface area contributed by atoms with Gasteiger partial charge in [0.1, 0.15) is 11.6 Å². The van der Waals surface area contributed by atoms with E-state index in [4.69, 9.17) is 4.98 Å². The molecule has 0 spiro atoms. The lowest BCUT2D eigenvalue weighted by atomic mass is 10.0. The van der Waals surface area contributed by atoms with Gasteiger partial charge in [-0.2, -0.15) is 9.61 Å². The van der Waals surface area contributed by atoms with E-state index in [1.54, 1.807) is 6.92 Å². The molecule has 2 aromatic heterocycles. The monoisotopic (exact) mass is 431 g/mol. The number of ketones is 1. The number of carbonyl (C=O) groups is 2. The van der Waals surface area contributed by atoms with E-state index in [-0.39, 0.29) is 23.7 Å². The fraction of sp³-hybridized carbons (Fsp3) is 0.440. The van der Waals surface area contributed by atoms with Crippen LogP contribution in [0.1, 0.15) is 49.1 Å². The number of piperidine rings is 1. The summed E-state index contributed by atoms with van der Waals surface area (Å²) in [6, 6.07) is 14.5. The maximum Gasteiger partial charge on any atom is 0.217 e. The summed E-state index contributed by atoms with van der Waals surface area (Å²) in [6.07, 6.45) is 3.06. The molecule has 166 valence electrons. The summed E-state index contributed by atoms with van der Waals surface area (Å²) in [5.74, 6) is 1.70. The van der Waals surface area contributed by atoms with Crippen LogP contribution in [0.15, 0.2) is 42.5 Å². The van der Waals surface area contributed by atoms with Crippen molar-refractivity contribution in [3.63, 3.8) is 0 Å². The summed E-state index contributed by atoms with van der Waals surface area (Å²) >= 11 is 0. The number of hydrogen-bond acceptors (Lipinski definition) is 5. The average Bonchev–Trinajstić information content (AvgIpc) is 3.49. The summed E-state index contributed by atoms with van der Waals surface area (Å²) in [5.41, 5.74) is 3.74. The van der Waals surface area contributed by atoms with Crippen molar-refractivity contribution >= 4 is 23.2 Å². The number of Topliss-reactive ketones (excluding diaryl/α,β-unsaturated/α-hetero) is 1. The van der Waals surface area contributed by atoms with Gasteiger partial charge in [0.15, 0.2) is 5.65 Å². The molecule has 1 amide bonds. The lowest BCUT2D eigenvalue weighted by molar-refractivity contribution is -0.120. The van der Waals surface area contributed by atoms with Crippen molar-refractivity contribution in [3.05, 3.63) is 59.4 Å². The molecule has 1 saturated carbocycles. The van der Waals surface area contributed by atoms with Crippen molar-refractivity contribution < 1.29 is 9.59 Å². The fourth-order valence-corrected chi connectivity index (χ4v) is 4.91. The van der Waals surface area contributed by atoms with E-state index in [2.05, 4.69) is 27.4 Å². The number of nitrogens with zero attached hydrogens (tertiary/aromatic N) is 4. The van der Waals surface area contributed by atoms with Gasteiger partial charge in [0, 0.05) is 50.5 Å². The maximum atomic E-state index is 13.0. The van der Waals surface area contributed by atoms with Crippen LogP contribution >= 0.6 is 0 Å². The highest BCUT2D eigenvalue weighted by atomic mass is 16.1. The van der Waals surface area contributed by atoms with E-state index in [0.717, 1.165) is 55.2 Å². The highest BCUT2D eigenvalue weighted by Crippen LogP contribution is 2.48. The summed E-state index contributed by atoms with van der Waals surface area (Å²) in [5, 5.41) is 7.66. The molecule has 5 rings (SSSR count). The van der Waals surface area contributed by atoms with Crippen LogP contribution in [-0.2, 0) is 16.0 Å². The number of aryl methyl sites for hydroxylation is 1. The molecule has 1 saturated heterocycles. The van der Waals surface area contributed by atoms with Gasteiger partial charge >= 0.3 is 0 Å². The standard InChI is InChI=1S/C25H29N5O2/c1-16-12-24-27-20(13-23(32)22-15-21(22)18-6-4-3-5-7-18)14-25(30(24)28-16)29-10-8-19(9-11-29)26-17(2)31/h3-7,12,14,19,21-22H,8-11,13,15H2,1-2H3,(H,26,31)/t21-,22+/m1/s1. The van der Waals surface area contributed by atoms with E-state index in [9.17, 15) is 9.59 Å². The number of fused-ring (bicyclic) bond motifs is 1. The third-order valence-electron chi connectivity index (χ3n) is 6.60. The molecule has 1 aliphatic carbocycles. The Bertz CT molecular complexity index is 1150. The number of nitrogens with one attached hydrogen (secondary N) is 1. The number of hydrogen-bond donors (Lipinski definition) is 1. The van der Waals surface area contributed by atoms with Gasteiger partial charge < -0.3 is 10.2 Å². The number of rotatable bonds is 6. The molecule has 2 fully saturated rings. The molecule has 2 aliphatic rings. The molecule has 7 nitrogen and oxygen atoms in total. The van der Waals surface area contributed by atoms with Gasteiger partial charge in [-0.05, 0) is 37.7 Å². The van der Waals surface area contributed by atoms with Crippen LogP contribution in [0.4, 0.5) is 5.82 Å². The summed E-state index contributed by atoms with van der Waals surface area (Å²) < 4.78 is 1.88. The highest BCUT2D eigenvalue weighted by Gasteiger charge is 2.43. The Kier molecular flexibility index (Phi) is 5.41. The number of aromatic nitrogens is 3. The Morgan fingerprint density at radius 3 is 2.59 bits per heavy atom. The van der Waals surface area contributed by atoms with Gasteiger partial charge in [0.05, 0.1) is 11.4 Å². The number of carbonyl (C=O) groups excluding carboxylic acids is 2. The Balaban J connectivity index is 1.34. The summed E-state index contributed by atoms with van der Waals surface area (Å²) in [4.78, 5) is 31.4. The predicted molar refractivity (Wildman–Crippen MR) is 123 cm³/mol. The average molecular weight is 432 g/mol. The lowest BCUT2D eigenvalue weighted by Crippen LogP contribution is -2.44. The fourth-order valence-electron chi connectivity index (χ4n) is 4.91. The third-order valence-corrected chi connectivity index (χ3v) is 6.60. The van der Waals surface area contributed by atoms with Gasteiger partial charge in [0.2, 0.25) is 5.91 Å². The Labute approximate surface area is 187 Å². The van der Waals surface area contributed by atoms with Crippen molar-refractivity contribution in [1.29, 1.82) is 0 Å². The molecule has 32 heavy (non-hydrogen) atoms. The van der Waals surface area contributed by atoms with Gasteiger partial charge in [-0.25, -0.2) is 4.98 Å². The minimum absolute atomic E-state index is 0.0205.